The predicted molar refractivity (Wildman–Crippen MR) is 186 cm³/mol. The van der Waals surface area contributed by atoms with E-state index < -0.39 is 17.7 Å². The van der Waals surface area contributed by atoms with E-state index in [1.54, 1.807) is 0 Å². The lowest BCUT2D eigenvalue weighted by Crippen LogP contribution is -2.45. The highest BCUT2D eigenvalue weighted by molar-refractivity contribution is 5.80. The van der Waals surface area contributed by atoms with Crippen molar-refractivity contribution >= 4 is 17.4 Å². The van der Waals surface area contributed by atoms with Gasteiger partial charge in [-0.1, -0.05) is 29.8 Å². The minimum absolute atomic E-state index is 0.0789. The number of aliphatic carboxylic acids is 1. The molecule has 8 heteroatoms. The molecule has 47 heavy (non-hydrogen) atoms. The lowest BCUT2D eigenvalue weighted by molar-refractivity contribution is -0.160. The average Bonchev–Trinajstić information content (AvgIpc) is 3.43. The van der Waals surface area contributed by atoms with Crippen LogP contribution in [0, 0.1) is 13.8 Å². The van der Waals surface area contributed by atoms with Crippen molar-refractivity contribution in [3.05, 3.63) is 71.4 Å². The van der Waals surface area contributed by atoms with Gasteiger partial charge in [0.25, 0.3) is 0 Å². The highest BCUT2D eigenvalue weighted by atomic mass is 16.5. The number of piperidine rings is 1. The zero-order chi connectivity index (χ0) is 33.5. The summed E-state index contributed by atoms with van der Waals surface area (Å²) in [7, 11) is 0. The number of nitrogens with zero attached hydrogens (tertiary/aromatic N) is 3. The van der Waals surface area contributed by atoms with Gasteiger partial charge in [0.05, 0.1) is 23.0 Å². The maximum absolute atomic E-state index is 12.9. The number of carboxylic acid groups (broad SMARTS) is 1. The molecule has 2 aromatic carbocycles. The number of hydrogen-bond acceptors (Lipinski definition) is 6. The van der Waals surface area contributed by atoms with Crippen LogP contribution in [0.4, 0.5) is 5.82 Å². The second-order valence-corrected chi connectivity index (χ2v) is 14.7. The topological polar surface area (TPSA) is 85.5 Å². The number of aromatic nitrogens is 2. The van der Waals surface area contributed by atoms with Crippen LogP contribution in [0.5, 0.6) is 5.75 Å². The molecule has 250 valence electrons. The number of carbonyl (C=O) groups is 1. The normalized spacial score (nSPS) is 21.3. The summed E-state index contributed by atoms with van der Waals surface area (Å²) in [6, 6.07) is 16.8. The monoisotopic (exact) mass is 639 g/mol. The second kappa shape index (κ2) is 13.0. The third-order valence-corrected chi connectivity index (χ3v) is 9.44. The molecule has 0 radical (unpaired) electrons. The summed E-state index contributed by atoms with van der Waals surface area (Å²) in [5, 5.41) is 10.5. The van der Waals surface area contributed by atoms with Crippen LogP contribution < -0.4 is 9.64 Å². The van der Waals surface area contributed by atoms with Crippen LogP contribution >= 0.6 is 0 Å². The molecule has 6 bridgehead atoms. The average molecular weight is 640 g/mol. The van der Waals surface area contributed by atoms with Gasteiger partial charge in [-0.2, -0.15) is 0 Å². The standard InChI is InChI=1S/C39H49N3O5/c1-25-14-15-32-30(21-25)28-12-10-13-29(23-28)31-24-42-33(40-31)22-26(2)34(35(37(43)44)47-38(4,5)6)36(42)41-18-16-39(7,17-19-41)45-20-9-8-11-27(3)46-32/h10,12-15,21-24,27,35H,8-9,11,16-20H2,1-7H3,(H,43,44). The smallest absolute Gasteiger partial charge is 0.337 e. The Morgan fingerprint density at radius 1 is 1.06 bits per heavy atom. The number of aryl methyl sites for hydroxylation is 2. The van der Waals surface area contributed by atoms with Crippen LogP contribution in [-0.4, -0.2) is 57.5 Å². The van der Waals surface area contributed by atoms with E-state index in [-0.39, 0.29) is 11.7 Å². The van der Waals surface area contributed by atoms with Gasteiger partial charge in [0.15, 0.2) is 6.10 Å². The second-order valence-electron chi connectivity index (χ2n) is 14.7. The molecule has 5 heterocycles. The first kappa shape index (κ1) is 33.0. The molecule has 3 aliphatic heterocycles. The molecule has 2 aromatic heterocycles. The fraction of sp³-hybridized carbons (Fsp3) is 0.487. The van der Waals surface area contributed by atoms with E-state index in [4.69, 9.17) is 19.2 Å². The van der Waals surface area contributed by atoms with Crippen molar-refractivity contribution < 1.29 is 24.1 Å². The predicted octanol–water partition coefficient (Wildman–Crippen LogP) is 8.55. The number of fused-ring (bicyclic) bond motifs is 8. The fourth-order valence-electron chi connectivity index (χ4n) is 6.90. The fourth-order valence-corrected chi connectivity index (χ4v) is 6.90. The Morgan fingerprint density at radius 3 is 2.53 bits per heavy atom. The molecule has 2 atom stereocenters. The van der Waals surface area contributed by atoms with Gasteiger partial charge in [0.1, 0.15) is 17.2 Å². The van der Waals surface area contributed by atoms with E-state index in [9.17, 15) is 9.90 Å². The van der Waals surface area contributed by atoms with Gasteiger partial charge in [0.2, 0.25) is 0 Å². The zero-order valence-electron chi connectivity index (χ0n) is 28.9. The first-order valence-electron chi connectivity index (χ1n) is 17.0. The molecule has 4 aromatic rings. The highest BCUT2D eigenvalue weighted by Crippen LogP contribution is 2.40. The first-order chi connectivity index (χ1) is 22.3. The quantitative estimate of drug-likeness (QED) is 0.240. The SMILES string of the molecule is Cc1ccc2c(c1)-c1cccc(c1)-c1cn3c(c(C(OC(C)(C)C)C(=O)O)c(C)cc3n1)N1CCC(C)(CC1)OCCCCC(C)O2. The van der Waals surface area contributed by atoms with Crippen molar-refractivity contribution in [2.45, 2.75) is 104 Å². The summed E-state index contributed by atoms with van der Waals surface area (Å²) in [5.41, 5.74) is 6.45. The van der Waals surface area contributed by atoms with E-state index in [2.05, 4.69) is 72.5 Å². The lowest BCUT2D eigenvalue weighted by Gasteiger charge is -2.41. The molecular formula is C39H49N3O5. The summed E-state index contributed by atoms with van der Waals surface area (Å²) in [6.07, 6.45) is 5.60. The van der Waals surface area contributed by atoms with Gasteiger partial charge in [-0.15, -0.1) is 0 Å². The van der Waals surface area contributed by atoms with Crippen LogP contribution in [-0.2, 0) is 14.3 Å². The molecule has 1 fully saturated rings. The van der Waals surface area contributed by atoms with Crippen molar-refractivity contribution in [3.63, 3.8) is 0 Å². The van der Waals surface area contributed by atoms with Crippen molar-refractivity contribution in [3.8, 4) is 28.1 Å². The van der Waals surface area contributed by atoms with Crippen LogP contribution in [0.1, 0.15) is 89.5 Å². The molecule has 7 rings (SSSR count). The summed E-state index contributed by atoms with van der Waals surface area (Å²) < 4.78 is 21.4. The van der Waals surface area contributed by atoms with Crippen LogP contribution in [0.25, 0.3) is 28.0 Å². The van der Waals surface area contributed by atoms with Gasteiger partial charge in [-0.3, -0.25) is 4.40 Å². The number of hydrogen-bond donors (Lipinski definition) is 1. The molecule has 2 unspecified atom stereocenters. The highest BCUT2D eigenvalue weighted by Gasteiger charge is 2.37. The Balaban J connectivity index is 1.53. The molecule has 1 N–H and O–H groups in total. The Kier molecular flexibility index (Phi) is 9.11. The molecule has 0 saturated carbocycles. The molecule has 8 nitrogen and oxygen atoms in total. The maximum atomic E-state index is 12.9. The van der Waals surface area contributed by atoms with E-state index in [0.29, 0.717) is 12.2 Å². The van der Waals surface area contributed by atoms with E-state index in [0.717, 1.165) is 90.4 Å². The summed E-state index contributed by atoms with van der Waals surface area (Å²) in [5.74, 6) is 0.694. The van der Waals surface area contributed by atoms with E-state index in [1.807, 2.05) is 40.0 Å². The van der Waals surface area contributed by atoms with Gasteiger partial charge >= 0.3 is 5.97 Å². The molecule has 0 spiro atoms. The number of rotatable bonds is 3. The van der Waals surface area contributed by atoms with Gasteiger partial charge in [0, 0.05) is 42.6 Å². The van der Waals surface area contributed by atoms with Gasteiger partial charge in [-0.05, 0) is 116 Å². The molecule has 3 aliphatic rings. The Labute approximate surface area is 278 Å². The van der Waals surface area contributed by atoms with Crippen LogP contribution in [0.3, 0.4) is 0 Å². The molecular weight excluding hydrogens is 590 g/mol. The Bertz CT molecular complexity index is 1760. The summed E-state index contributed by atoms with van der Waals surface area (Å²) in [6.45, 7) is 16.3. The van der Waals surface area contributed by atoms with Crippen molar-refractivity contribution in [2.24, 2.45) is 0 Å². The van der Waals surface area contributed by atoms with E-state index >= 15 is 0 Å². The van der Waals surface area contributed by atoms with Crippen molar-refractivity contribution in [1.29, 1.82) is 0 Å². The van der Waals surface area contributed by atoms with Crippen molar-refractivity contribution in [2.75, 3.05) is 24.6 Å². The largest absolute Gasteiger partial charge is 0.490 e. The maximum Gasteiger partial charge on any atom is 0.337 e. The number of imidazole rings is 1. The van der Waals surface area contributed by atoms with Crippen molar-refractivity contribution in [1.82, 2.24) is 9.38 Å². The lowest BCUT2D eigenvalue weighted by atomic mass is 9.92. The first-order valence-corrected chi connectivity index (χ1v) is 17.0. The van der Waals surface area contributed by atoms with Gasteiger partial charge < -0.3 is 24.2 Å². The minimum Gasteiger partial charge on any atom is -0.490 e. The number of anilines is 1. The third-order valence-electron chi connectivity index (χ3n) is 9.44. The number of benzene rings is 2. The Hall–Kier alpha value is -3.88. The molecule has 1 saturated heterocycles. The molecule has 0 amide bonds. The summed E-state index contributed by atoms with van der Waals surface area (Å²) >= 11 is 0. The molecule has 0 aliphatic carbocycles. The summed E-state index contributed by atoms with van der Waals surface area (Å²) in [4.78, 5) is 20.3. The number of pyridine rings is 1. The number of carboxylic acids is 1. The van der Waals surface area contributed by atoms with E-state index in [1.165, 1.54) is 5.56 Å². The van der Waals surface area contributed by atoms with Crippen LogP contribution in [0.15, 0.2) is 54.7 Å². The third kappa shape index (κ3) is 7.19. The van der Waals surface area contributed by atoms with Gasteiger partial charge in [-0.25, -0.2) is 9.78 Å². The minimum atomic E-state index is -1.14. The number of ether oxygens (including phenoxy) is 3. The van der Waals surface area contributed by atoms with Crippen LogP contribution in [0.2, 0.25) is 0 Å². The Morgan fingerprint density at radius 2 is 1.81 bits per heavy atom. The zero-order valence-corrected chi connectivity index (χ0v) is 28.9.